The molecule has 0 unspecified atom stereocenters. The Morgan fingerprint density at radius 2 is 1.82 bits per heavy atom. The zero-order chi connectivity index (χ0) is 19.3. The van der Waals surface area contributed by atoms with Crippen LogP contribution in [0, 0.1) is 0 Å². The summed E-state index contributed by atoms with van der Waals surface area (Å²) in [6.07, 6.45) is 1.78. The molecule has 0 spiro atoms. The lowest BCUT2D eigenvalue weighted by Crippen LogP contribution is -2.11. The molecule has 0 bridgehead atoms. The SMILES string of the molecule is O=C(Nc1ccc2c(cnn2-c2ccccc2)c1)c1ccc(OCCO)cc1. The number of hydrogen-bond acceptors (Lipinski definition) is 4. The highest BCUT2D eigenvalue weighted by atomic mass is 16.5. The molecule has 4 aromatic rings. The van der Waals surface area contributed by atoms with Crippen molar-refractivity contribution in [3.05, 3.63) is 84.6 Å². The van der Waals surface area contributed by atoms with Gasteiger partial charge in [0.25, 0.3) is 5.91 Å². The van der Waals surface area contributed by atoms with Crippen LogP contribution in [-0.2, 0) is 0 Å². The zero-order valence-electron chi connectivity index (χ0n) is 15.1. The number of anilines is 1. The first kappa shape index (κ1) is 17.8. The van der Waals surface area contributed by atoms with Crippen LogP contribution in [0.4, 0.5) is 5.69 Å². The number of hydrogen-bond donors (Lipinski definition) is 2. The lowest BCUT2D eigenvalue weighted by Gasteiger charge is -2.08. The number of para-hydroxylation sites is 1. The molecule has 1 amide bonds. The van der Waals surface area contributed by atoms with Crippen molar-refractivity contribution in [2.24, 2.45) is 0 Å². The van der Waals surface area contributed by atoms with Crippen LogP contribution in [-0.4, -0.2) is 34.0 Å². The number of ether oxygens (including phenoxy) is 1. The monoisotopic (exact) mass is 373 g/mol. The molecule has 28 heavy (non-hydrogen) atoms. The second kappa shape index (κ2) is 7.94. The predicted octanol–water partition coefficient (Wildman–Crippen LogP) is 3.65. The molecule has 3 aromatic carbocycles. The topological polar surface area (TPSA) is 76.4 Å². The Labute approximate surface area is 162 Å². The van der Waals surface area contributed by atoms with Crippen molar-refractivity contribution in [2.75, 3.05) is 18.5 Å². The van der Waals surface area contributed by atoms with Crippen molar-refractivity contribution in [3.8, 4) is 11.4 Å². The summed E-state index contributed by atoms with van der Waals surface area (Å²) in [5.74, 6) is 0.406. The number of aliphatic hydroxyl groups is 1. The highest BCUT2D eigenvalue weighted by Crippen LogP contribution is 2.22. The number of benzene rings is 3. The first-order chi connectivity index (χ1) is 13.7. The molecular weight excluding hydrogens is 354 g/mol. The highest BCUT2D eigenvalue weighted by Gasteiger charge is 2.09. The number of nitrogens with one attached hydrogen (secondary N) is 1. The van der Waals surface area contributed by atoms with Gasteiger partial charge in [-0.25, -0.2) is 4.68 Å². The fourth-order valence-corrected chi connectivity index (χ4v) is 2.95. The van der Waals surface area contributed by atoms with Gasteiger partial charge in [-0.05, 0) is 54.6 Å². The van der Waals surface area contributed by atoms with E-state index in [-0.39, 0.29) is 19.1 Å². The van der Waals surface area contributed by atoms with E-state index in [0.717, 1.165) is 16.6 Å². The van der Waals surface area contributed by atoms with Gasteiger partial charge in [-0.2, -0.15) is 5.10 Å². The number of fused-ring (bicyclic) bond motifs is 1. The Bertz CT molecular complexity index is 1090. The predicted molar refractivity (Wildman–Crippen MR) is 108 cm³/mol. The van der Waals surface area contributed by atoms with Crippen molar-refractivity contribution in [3.63, 3.8) is 0 Å². The average molecular weight is 373 g/mol. The first-order valence-corrected chi connectivity index (χ1v) is 8.93. The van der Waals surface area contributed by atoms with Crippen LogP contribution < -0.4 is 10.1 Å². The standard InChI is InChI=1S/C22H19N3O3/c26-12-13-28-20-9-6-16(7-10-20)22(27)24-18-8-11-21-17(14-18)15-23-25(21)19-4-2-1-3-5-19/h1-11,14-15,26H,12-13H2,(H,24,27). The summed E-state index contributed by atoms with van der Waals surface area (Å²) in [7, 11) is 0. The number of aliphatic hydroxyl groups excluding tert-OH is 1. The molecule has 6 nitrogen and oxygen atoms in total. The number of carbonyl (C=O) groups is 1. The Morgan fingerprint density at radius 3 is 2.57 bits per heavy atom. The third kappa shape index (κ3) is 3.72. The van der Waals surface area contributed by atoms with Gasteiger partial charge in [0.1, 0.15) is 12.4 Å². The second-order valence-electron chi connectivity index (χ2n) is 6.22. The van der Waals surface area contributed by atoms with Gasteiger partial charge in [0.2, 0.25) is 0 Å². The molecule has 1 heterocycles. The van der Waals surface area contributed by atoms with Crippen LogP contribution in [0.25, 0.3) is 16.6 Å². The van der Waals surface area contributed by atoms with E-state index < -0.39 is 0 Å². The van der Waals surface area contributed by atoms with Gasteiger partial charge in [-0.15, -0.1) is 0 Å². The number of amides is 1. The van der Waals surface area contributed by atoms with E-state index in [1.807, 2.05) is 53.2 Å². The normalized spacial score (nSPS) is 10.8. The van der Waals surface area contributed by atoms with Crippen LogP contribution in [0.15, 0.2) is 79.0 Å². The highest BCUT2D eigenvalue weighted by molar-refractivity contribution is 6.05. The molecule has 0 atom stereocenters. The second-order valence-corrected chi connectivity index (χ2v) is 6.22. The van der Waals surface area contributed by atoms with Gasteiger partial charge >= 0.3 is 0 Å². The van der Waals surface area contributed by atoms with E-state index in [9.17, 15) is 4.79 Å². The Morgan fingerprint density at radius 1 is 1.04 bits per heavy atom. The van der Waals surface area contributed by atoms with Crippen molar-refractivity contribution >= 4 is 22.5 Å². The number of rotatable bonds is 6. The molecule has 4 rings (SSSR count). The lowest BCUT2D eigenvalue weighted by atomic mass is 10.2. The van der Waals surface area contributed by atoms with Crippen LogP contribution in [0.1, 0.15) is 10.4 Å². The molecule has 0 saturated heterocycles. The van der Waals surface area contributed by atoms with E-state index >= 15 is 0 Å². The lowest BCUT2D eigenvalue weighted by molar-refractivity contribution is 0.102. The van der Waals surface area contributed by atoms with Crippen molar-refractivity contribution < 1.29 is 14.6 Å². The fourth-order valence-electron chi connectivity index (χ4n) is 2.95. The quantitative estimate of drug-likeness (QED) is 0.541. The maximum atomic E-state index is 12.5. The van der Waals surface area contributed by atoms with Crippen LogP contribution in [0.3, 0.4) is 0 Å². The third-order valence-electron chi connectivity index (χ3n) is 4.30. The molecule has 2 N–H and O–H groups in total. The molecule has 0 radical (unpaired) electrons. The summed E-state index contributed by atoms with van der Waals surface area (Å²) in [6, 6.07) is 22.4. The van der Waals surface area contributed by atoms with Crippen molar-refractivity contribution in [2.45, 2.75) is 0 Å². The smallest absolute Gasteiger partial charge is 0.255 e. The van der Waals surface area contributed by atoms with Gasteiger partial charge in [-0.1, -0.05) is 18.2 Å². The first-order valence-electron chi connectivity index (χ1n) is 8.93. The maximum Gasteiger partial charge on any atom is 0.255 e. The summed E-state index contributed by atoms with van der Waals surface area (Å²) >= 11 is 0. The summed E-state index contributed by atoms with van der Waals surface area (Å²) < 4.78 is 7.17. The minimum absolute atomic E-state index is 0.0500. The van der Waals surface area contributed by atoms with Crippen molar-refractivity contribution in [1.29, 1.82) is 0 Å². The number of carbonyl (C=O) groups excluding carboxylic acids is 1. The largest absolute Gasteiger partial charge is 0.491 e. The van der Waals surface area contributed by atoms with Crippen LogP contribution in [0.5, 0.6) is 5.75 Å². The Kier molecular flexibility index (Phi) is 5.03. The van der Waals surface area contributed by atoms with Crippen LogP contribution >= 0.6 is 0 Å². The van der Waals surface area contributed by atoms with Crippen LogP contribution in [0.2, 0.25) is 0 Å². The number of nitrogens with zero attached hydrogens (tertiary/aromatic N) is 2. The van der Waals surface area contributed by atoms with Gasteiger partial charge in [0.05, 0.1) is 24.0 Å². The molecule has 1 aromatic heterocycles. The van der Waals surface area contributed by atoms with Crippen molar-refractivity contribution in [1.82, 2.24) is 9.78 Å². The summed E-state index contributed by atoms with van der Waals surface area (Å²) in [5.41, 5.74) is 3.18. The molecule has 6 heteroatoms. The van der Waals surface area contributed by atoms with E-state index in [1.54, 1.807) is 30.5 Å². The van der Waals surface area contributed by atoms with E-state index in [2.05, 4.69) is 10.4 Å². The minimum Gasteiger partial charge on any atom is -0.491 e. The van der Waals surface area contributed by atoms with Gasteiger partial charge in [-0.3, -0.25) is 4.79 Å². The third-order valence-corrected chi connectivity index (χ3v) is 4.30. The Balaban J connectivity index is 1.51. The molecule has 140 valence electrons. The molecular formula is C22H19N3O3. The van der Waals surface area contributed by atoms with Gasteiger partial charge < -0.3 is 15.2 Å². The maximum absolute atomic E-state index is 12.5. The zero-order valence-corrected chi connectivity index (χ0v) is 15.1. The molecule has 0 aliphatic carbocycles. The van der Waals surface area contributed by atoms with E-state index in [0.29, 0.717) is 17.0 Å². The fraction of sp³-hybridized carbons (Fsp3) is 0.0909. The summed E-state index contributed by atoms with van der Waals surface area (Å²) in [6.45, 7) is 0.174. The van der Waals surface area contributed by atoms with E-state index in [1.165, 1.54) is 0 Å². The summed E-state index contributed by atoms with van der Waals surface area (Å²) in [5, 5.41) is 17.1. The molecule has 0 fully saturated rings. The number of aromatic nitrogens is 2. The van der Waals surface area contributed by atoms with Gasteiger partial charge in [0, 0.05) is 16.6 Å². The minimum atomic E-state index is -0.205. The average Bonchev–Trinajstić information content (AvgIpc) is 3.16. The summed E-state index contributed by atoms with van der Waals surface area (Å²) in [4.78, 5) is 12.5. The molecule has 0 aliphatic rings. The van der Waals surface area contributed by atoms with E-state index in [4.69, 9.17) is 9.84 Å². The molecule has 0 saturated carbocycles. The van der Waals surface area contributed by atoms with Gasteiger partial charge in [0.15, 0.2) is 0 Å². The molecule has 0 aliphatic heterocycles. The Hall–Kier alpha value is -3.64.